The molecular weight excluding hydrogens is 489 g/mol. The number of benzene rings is 1. The summed E-state index contributed by atoms with van der Waals surface area (Å²) < 4.78 is 75.5. The number of aromatic nitrogens is 1. The van der Waals surface area contributed by atoms with Crippen LogP contribution >= 0.6 is 0 Å². The largest absolute Gasteiger partial charge is 0.573 e. The van der Waals surface area contributed by atoms with Crippen molar-refractivity contribution in [2.24, 2.45) is 0 Å². The minimum atomic E-state index is -5.00. The number of likely N-dealkylation sites (tertiary alicyclic amines) is 1. The molecule has 1 N–H and O–H groups in total. The number of ether oxygens (including phenoxy) is 1. The van der Waals surface area contributed by atoms with Gasteiger partial charge in [0.25, 0.3) is 11.8 Å². The summed E-state index contributed by atoms with van der Waals surface area (Å²) in [5.74, 6) is -4.15. The van der Waals surface area contributed by atoms with Crippen LogP contribution in [0, 0.1) is 0 Å². The van der Waals surface area contributed by atoms with Gasteiger partial charge in [-0.25, -0.2) is 8.78 Å². The minimum Gasteiger partial charge on any atom is -0.455 e. The third kappa shape index (κ3) is 5.81. The lowest BCUT2D eigenvalue weighted by Gasteiger charge is -2.31. The van der Waals surface area contributed by atoms with E-state index in [-0.39, 0.29) is 53.2 Å². The predicted octanol–water partition coefficient (Wildman–Crippen LogP) is 5.07. The molecule has 1 fully saturated rings. The summed E-state index contributed by atoms with van der Waals surface area (Å²) in [5.41, 5.74) is 0.488. The van der Waals surface area contributed by atoms with Crippen molar-refractivity contribution in [2.45, 2.75) is 31.7 Å². The zero-order valence-electron chi connectivity index (χ0n) is 18.7. The lowest BCUT2D eigenvalue weighted by Crippen LogP contribution is -2.42. The molecule has 0 atom stereocenters. The first-order valence-electron chi connectivity index (χ1n) is 10.8. The van der Waals surface area contributed by atoms with E-state index in [2.05, 4.69) is 21.6 Å². The molecule has 0 spiro atoms. The maximum absolute atomic E-state index is 13.4. The second-order valence-electron chi connectivity index (χ2n) is 8.16. The third-order valence-corrected chi connectivity index (χ3v) is 5.57. The molecule has 3 heterocycles. The van der Waals surface area contributed by atoms with Crippen molar-refractivity contribution in [1.82, 2.24) is 15.2 Å². The van der Waals surface area contributed by atoms with Gasteiger partial charge in [0.1, 0.15) is 5.76 Å². The van der Waals surface area contributed by atoms with E-state index in [1.807, 2.05) is 0 Å². The Morgan fingerprint density at radius 2 is 1.92 bits per heavy atom. The van der Waals surface area contributed by atoms with Crippen molar-refractivity contribution in [2.75, 3.05) is 13.1 Å². The molecule has 0 saturated carbocycles. The number of hydrogen-bond acceptors (Lipinski definition) is 5. The fourth-order valence-corrected chi connectivity index (χ4v) is 3.77. The van der Waals surface area contributed by atoms with Crippen molar-refractivity contribution < 1.29 is 40.7 Å². The van der Waals surface area contributed by atoms with E-state index < -0.39 is 42.7 Å². The molecule has 1 saturated heterocycles. The molecule has 4 rings (SSSR count). The van der Waals surface area contributed by atoms with Gasteiger partial charge < -0.3 is 19.4 Å². The number of alkyl halides is 5. The van der Waals surface area contributed by atoms with Gasteiger partial charge in [-0.15, -0.1) is 13.2 Å². The van der Waals surface area contributed by atoms with E-state index in [4.69, 9.17) is 4.42 Å². The van der Waals surface area contributed by atoms with Gasteiger partial charge >= 0.3 is 6.36 Å². The Bertz CT molecular complexity index is 1290. The van der Waals surface area contributed by atoms with Crippen LogP contribution in [0.15, 0.2) is 53.6 Å². The van der Waals surface area contributed by atoms with E-state index in [9.17, 15) is 31.5 Å². The Kier molecular flexibility index (Phi) is 6.70. The number of hydrogen-bond donors (Lipinski definition) is 1. The first kappa shape index (κ1) is 25.1. The number of halogens is 5. The number of nitrogens with zero attached hydrogens (tertiary/aromatic N) is 2. The van der Waals surface area contributed by atoms with Gasteiger partial charge in [0.2, 0.25) is 5.91 Å². The molecule has 36 heavy (non-hydrogen) atoms. The zero-order chi connectivity index (χ0) is 26.1. The maximum Gasteiger partial charge on any atom is 0.573 e. The maximum atomic E-state index is 13.4. The summed E-state index contributed by atoms with van der Waals surface area (Å²) in [4.78, 5) is 29.5. The second kappa shape index (κ2) is 9.59. The van der Waals surface area contributed by atoms with Gasteiger partial charge in [-0.3, -0.25) is 14.6 Å². The third-order valence-electron chi connectivity index (χ3n) is 5.57. The molecule has 1 aromatic carbocycles. The lowest BCUT2D eigenvalue weighted by molar-refractivity contribution is -0.274. The van der Waals surface area contributed by atoms with Crippen LogP contribution < -0.4 is 10.1 Å². The first-order valence-corrected chi connectivity index (χ1v) is 10.8. The first-order chi connectivity index (χ1) is 16.9. The Morgan fingerprint density at radius 3 is 2.53 bits per heavy atom. The molecular formula is C24H20F5N3O4. The summed E-state index contributed by atoms with van der Waals surface area (Å²) in [6.07, 6.45) is -3.55. The molecule has 7 nitrogen and oxygen atoms in total. The van der Waals surface area contributed by atoms with E-state index in [1.165, 1.54) is 35.4 Å². The van der Waals surface area contributed by atoms with E-state index >= 15 is 0 Å². The van der Waals surface area contributed by atoms with Gasteiger partial charge in [-0.2, -0.15) is 0 Å². The number of rotatable bonds is 6. The van der Waals surface area contributed by atoms with Gasteiger partial charge in [0, 0.05) is 43.1 Å². The molecule has 0 radical (unpaired) electrons. The molecule has 3 aromatic rings. The fourth-order valence-electron chi connectivity index (χ4n) is 3.77. The lowest BCUT2D eigenvalue weighted by atomic mass is 10.0. The van der Waals surface area contributed by atoms with Crippen LogP contribution in [-0.2, 0) is 11.3 Å². The van der Waals surface area contributed by atoms with E-state index in [0.29, 0.717) is 0 Å². The summed E-state index contributed by atoms with van der Waals surface area (Å²) in [6.45, 7) is 3.06. The highest BCUT2D eigenvalue weighted by Gasteiger charge is 2.36. The normalized spacial score (nSPS) is 15.5. The Morgan fingerprint density at radius 1 is 1.19 bits per heavy atom. The topological polar surface area (TPSA) is 84.7 Å². The number of piperidine rings is 1. The van der Waals surface area contributed by atoms with E-state index in [0.717, 1.165) is 12.1 Å². The number of furan rings is 1. The average molecular weight is 509 g/mol. The molecule has 1 aliphatic heterocycles. The molecule has 0 unspecified atom stereocenters. The molecule has 2 aromatic heterocycles. The van der Waals surface area contributed by atoms with Gasteiger partial charge in [-0.05, 0) is 36.4 Å². The Labute approximate surface area is 201 Å². The van der Waals surface area contributed by atoms with Crippen LogP contribution in [0.25, 0.3) is 22.2 Å². The van der Waals surface area contributed by atoms with Gasteiger partial charge in [0.15, 0.2) is 11.3 Å². The molecule has 0 bridgehead atoms. The molecule has 2 amide bonds. The highest BCUT2D eigenvalue weighted by atomic mass is 19.4. The highest BCUT2D eigenvalue weighted by Crippen LogP contribution is 2.37. The SMILES string of the molecule is C=CC(=O)NCc1cc2cc(-c3ccc(C(=O)N4CCC(F)(F)CC4)cn3)cc(OC(F)(F)F)c2o1. The summed E-state index contributed by atoms with van der Waals surface area (Å²) >= 11 is 0. The molecule has 1 aliphatic rings. The number of carbonyl (C=O) groups is 2. The Hall–Kier alpha value is -3.96. The van der Waals surface area contributed by atoms with Crippen LogP contribution in [0.4, 0.5) is 22.0 Å². The van der Waals surface area contributed by atoms with Gasteiger partial charge in [-0.1, -0.05) is 6.58 Å². The van der Waals surface area contributed by atoms with Crippen LogP contribution in [0.3, 0.4) is 0 Å². The van der Waals surface area contributed by atoms with Crippen molar-refractivity contribution in [3.8, 4) is 17.0 Å². The highest BCUT2D eigenvalue weighted by molar-refractivity contribution is 5.94. The fraction of sp³-hybridized carbons (Fsp3) is 0.292. The monoisotopic (exact) mass is 509 g/mol. The smallest absolute Gasteiger partial charge is 0.455 e. The number of fused-ring (bicyclic) bond motifs is 1. The standard InChI is InChI=1S/C24H20F5N3O4/c1-2-20(33)31-13-17-10-16-9-15(11-19(21(16)35-17)36-24(27,28)29)18-4-3-14(12-30-18)22(34)32-7-5-23(25,26)6-8-32/h2-4,9-12H,1,5-8,13H2,(H,31,33). The van der Waals surface area contributed by atoms with Crippen LogP contribution in [-0.4, -0.2) is 47.1 Å². The summed E-state index contributed by atoms with van der Waals surface area (Å²) in [7, 11) is 0. The summed E-state index contributed by atoms with van der Waals surface area (Å²) in [6, 6.07) is 6.95. The van der Waals surface area contributed by atoms with Crippen LogP contribution in [0.1, 0.15) is 29.0 Å². The van der Waals surface area contributed by atoms with Crippen LogP contribution in [0.2, 0.25) is 0 Å². The van der Waals surface area contributed by atoms with Crippen molar-refractivity contribution in [1.29, 1.82) is 0 Å². The minimum absolute atomic E-state index is 0.0849. The quantitative estimate of drug-likeness (QED) is 0.371. The van der Waals surface area contributed by atoms with Crippen LogP contribution in [0.5, 0.6) is 5.75 Å². The molecule has 0 aliphatic carbocycles. The molecule has 12 heteroatoms. The zero-order valence-corrected chi connectivity index (χ0v) is 18.7. The van der Waals surface area contributed by atoms with Crippen molar-refractivity contribution >= 4 is 22.8 Å². The average Bonchev–Trinajstić information content (AvgIpc) is 3.25. The number of pyridine rings is 1. The number of nitrogens with one attached hydrogen (secondary N) is 1. The number of amides is 2. The second-order valence-corrected chi connectivity index (χ2v) is 8.16. The number of carbonyl (C=O) groups excluding carboxylic acids is 2. The summed E-state index contributed by atoms with van der Waals surface area (Å²) in [5, 5.41) is 2.74. The van der Waals surface area contributed by atoms with Crippen molar-refractivity contribution in [3.05, 3.63) is 60.5 Å². The van der Waals surface area contributed by atoms with Crippen molar-refractivity contribution in [3.63, 3.8) is 0 Å². The molecule has 190 valence electrons. The predicted molar refractivity (Wildman–Crippen MR) is 118 cm³/mol. The van der Waals surface area contributed by atoms with Gasteiger partial charge in [0.05, 0.1) is 17.8 Å². The Balaban J connectivity index is 1.61. The van der Waals surface area contributed by atoms with E-state index in [1.54, 1.807) is 0 Å².